The van der Waals surface area contributed by atoms with E-state index in [0.717, 1.165) is 24.7 Å². The summed E-state index contributed by atoms with van der Waals surface area (Å²) in [5, 5.41) is 8.27. The largest absolute Gasteiger partial charge is 0.309 e. The van der Waals surface area contributed by atoms with E-state index in [9.17, 15) is 0 Å². The van der Waals surface area contributed by atoms with Crippen molar-refractivity contribution in [2.45, 2.75) is 79.3 Å². The SMILES string of the molecule is CCCCC(CC)CC(NCC)c1cc(C)nn1CC. The van der Waals surface area contributed by atoms with Crippen LogP contribution in [-0.2, 0) is 6.54 Å². The first-order chi connectivity index (χ1) is 9.65. The minimum atomic E-state index is 0.447. The molecule has 1 N–H and O–H groups in total. The van der Waals surface area contributed by atoms with Crippen LogP contribution in [0.2, 0.25) is 0 Å². The monoisotopic (exact) mass is 279 g/mol. The van der Waals surface area contributed by atoms with Gasteiger partial charge in [-0.2, -0.15) is 5.10 Å². The van der Waals surface area contributed by atoms with E-state index in [1.165, 1.54) is 37.8 Å². The van der Waals surface area contributed by atoms with Crippen molar-refractivity contribution in [1.82, 2.24) is 15.1 Å². The van der Waals surface area contributed by atoms with E-state index in [4.69, 9.17) is 0 Å². The normalized spacial score (nSPS) is 14.4. The molecule has 1 heterocycles. The van der Waals surface area contributed by atoms with Gasteiger partial charge < -0.3 is 5.32 Å². The fourth-order valence-electron chi connectivity index (χ4n) is 2.97. The minimum Gasteiger partial charge on any atom is -0.309 e. The zero-order valence-corrected chi connectivity index (χ0v) is 14.1. The van der Waals surface area contributed by atoms with Gasteiger partial charge in [-0.05, 0) is 38.8 Å². The molecule has 20 heavy (non-hydrogen) atoms. The van der Waals surface area contributed by atoms with Crippen LogP contribution in [0, 0.1) is 12.8 Å². The summed E-state index contributed by atoms with van der Waals surface area (Å²) in [6.07, 6.45) is 6.52. The summed E-state index contributed by atoms with van der Waals surface area (Å²) in [5.41, 5.74) is 2.49. The second-order valence-corrected chi connectivity index (χ2v) is 5.79. The molecular formula is C17H33N3. The van der Waals surface area contributed by atoms with Gasteiger partial charge in [-0.1, -0.05) is 46.5 Å². The lowest BCUT2D eigenvalue weighted by molar-refractivity contribution is 0.344. The summed E-state index contributed by atoms with van der Waals surface area (Å²) in [7, 11) is 0. The molecule has 0 saturated heterocycles. The topological polar surface area (TPSA) is 29.9 Å². The van der Waals surface area contributed by atoms with E-state index < -0.39 is 0 Å². The van der Waals surface area contributed by atoms with E-state index >= 15 is 0 Å². The number of aromatic nitrogens is 2. The highest BCUT2D eigenvalue weighted by atomic mass is 15.3. The molecule has 0 bridgehead atoms. The summed E-state index contributed by atoms with van der Waals surface area (Å²) >= 11 is 0. The second-order valence-electron chi connectivity index (χ2n) is 5.79. The van der Waals surface area contributed by atoms with Crippen molar-refractivity contribution in [3.63, 3.8) is 0 Å². The maximum atomic E-state index is 4.60. The smallest absolute Gasteiger partial charge is 0.0597 e. The van der Waals surface area contributed by atoms with Gasteiger partial charge >= 0.3 is 0 Å². The Labute approximate surface area is 125 Å². The third-order valence-corrected chi connectivity index (χ3v) is 4.15. The Morgan fingerprint density at radius 3 is 2.55 bits per heavy atom. The number of hydrogen-bond donors (Lipinski definition) is 1. The van der Waals surface area contributed by atoms with Crippen molar-refractivity contribution in [3.05, 3.63) is 17.5 Å². The van der Waals surface area contributed by atoms with Crippen LogP contribution in [0.4, 0.5) is 0 Å². The van der Waals surface area contributed by atoms with Gasteiger partial charge in [-0.15, -0.1) is 0 Å². The molecule has 116 valence electrons. The molecule has 0 spiro atoms. The van der Waals surface area contributed by atoms with Gasteiger partial charge in [0, 0.05) is 12.6 Å². The number of unbranched alkanes of at least 4 members (excludes halogenated alkanes) is 1. The lowest BCUT2D eigenvalue weighted by Crippen LogP contribution is -2.26. The Morgan fingerprint density at radius 1 is 1.25 bits per heavy atom. The molecule has 0 aromatic carbocycles. The standard InChI is InChI=1S/C17H33N3/c1-6-10-11-15(7-2)13-16(18-8-3)17-12-14(5)19-20(17)9-4/h12,15-16,18H,6-11,13H2,1-5H3. The zero-order valence-electron chi connectivity index (χ0n) is 14.1. The Kier molecular flexibility index (Phi) is 7.90. The summed E-state index contributed by atoms with van der Waals surface area (Å²) in [4.78, 5) is 0. The molecule has 0 aliphatic carbocycles. The number of rotatable bonds is 10. The summed E-state index contributed by atoms with van der Waals surface area (Å²) in [6, 6.07) is 2.70. The molecule has 2 unspecified atom stereocenters. The van der Waals surface area contributed by atoms with Crippen LogP contribution < -0.4 is 5.32 Å². The fraction of sp³-hybridized carbons (Fsp3) is 0.824. The van der Waals surface area contributed by atoms with Gasteiger partial charge in [0.2, 0.25) is 0 Å². The molecule has 0 aliphatic heterocycles. The van der Waals surface area contributed by atoms with Crippen LogP contribution in [0.15, 0.2) is 6.07 Å². The molecule has 2 atom stereocenters. The van der Waals surface area contributed by atoms with E-state index in [2.05, 4.69) is 55.8 Å². The molecule has 0 fully saturated rings. The Morgan fingerprint density at radius 2 is 2.00 bits per heavy atom. The minimum absolute atomic E-state index is 0.447. The predicted octanol–water partition coefficient (Wildman–Crippen LogP) is 4.47. The molecule has 0 amide bonds. The van der Waals surface area contributed by atoms with Gasteiger partial charge in [-0.25, -0.2) is 0 Å². The zero-order chi connectivity index (χ0) is 15.0. The van der Waals surface area contributed by atoms with Crippen molar-refractivity contribution >= 4 is 0 Å². The second kappa shape index (κ2) is 9.17. The first-order valence-corrected chi connectivity index (χ1v) is 8.43. The van der Waals surface area contributed by atoms with Crippen molar-refractivity contribution in [1.29, 1.82) is 0 Å². The Balaban J connectivity index is 2.81. The molecule has 0 aliphatic rings. The molecular weight excluding hydrogens is 246 g/mol. The summed E-state index contributed by atoms with van der Waals surface area (Å²) < 4.78 is 2.16. The summed E-state index contributed by atoms with van der Waals surface area (Å²) in [5.74, 6) is 0.819. The van der Waals surface area contributed by atoms with Crippen LogP contribution in [-0.4, -0.2) is 16.3 Å². The molecule has 1 aromatic heterocycles. The van der Waals surface area contributed by atoms with E-state index in [-0.39, 0.29) is 0 Å². The third-order valence-electron chi connectivity index (χ3n) is 4.15. The van der Waals surface area contributed by atoms with Crippen molar-refractivity contribution in [2.75, 3.05) is 6.54 Å². The lowest BCUT2D eigenvalue weighted by Gasteiger charge is -2.24. The molecule has 3 nitrogen and oxygen atoms in total. The third kappa shape index (κ3) is 4.93. The van der Waals surface area contributed by atoms with E-state index in [1.54, 1.807) is 0 Å². The number of nitrogens with one attached hydrogen (secondary N) is 1. The van der Waals surface area contributed by atoms with Gasteiger partial charge in [0.05, 0.1) is 11.4 Å². The maximum Gasteiger partial charge on any atom is 0.0597 e. The van der Waals surface area contributed by atoms with Crippen LogP contribution in [0.3, 0.4) is 0 Å². The highest BCUT2D eigenvalue weighted by molar-refractivity contribution is 5.13. The van der Waals surface area contributed by atoms with Crippen molar-refractivity contribution < 1.29 is 0 Å². The van der Waals surface area contributed by atoms with Crippen molar-refractivity contribution in [3.8, 4) is 0 Å². The Hall–Kier alpha value is -0.830. The van der Waals surface area contributed by atoms with Gasteiger partial charge in [-0.3, -0.25) is 4.68 Å². The number of aryl methyl sites for hydroxylation is 2. The predicted molar refractivity (Wildman–Crippen MR) is 87.0 cm³/mol. The number of nitrogens with zero attached hydrogens (tertiary/aromatic N) is 2. The highest BCUT2D eigenvalue weighted by Crippen LogP contribution is 2.27. The molecule has 0 saturated carbocycles. The fourth-order valence-corrected chi connectivity index (χ4v) is 2.97. The maximum absolute atomic E-state index is 4.60. The van der Waals surface area contributed by atoms with E-state index in [1.807, 2.05) is 0 Å². The summed E-state index contributed by atoms with van der Waals surface area (Å²) in [6.45, 7) is 13.0. The van der Waals surface area contributed by atoms with Gasteiger partial charge in [0.25, 0.3) is 0 Å². The Bertz CT molecular complexity index is 370. The molecule has 1 aromatic rings. The molecule has 1 rings (SSSR count). The first-order valence-electron chi connectivity index (χ1n) is 8.43. The molecule has 0 radical (unpaired) electrons. The average Bonchev–Trinajstić information content (AvgIpc) is 2.83. The van der Waals surface area contributed by atoms with Crippen LogP contribution in [0.25, 0.3) is 0 Å². The highest BCUT2D eigenvalue weighted by Gasteiger charge is 2.20. The van der Waals surface area contributed by atoms with Gasteiger partial charge in [0.1, 0.15) is 0 Å². The average molecular weight is 279 g/mol. The lowest BCUT2D eigenvalue weighted by atomic mass is 9.90. The van der Waals surface area contributed by atoms with Crippen LogP contribution >= 0.6 is 0 Å². The van der Waals surface area contributed by atoms with Crippen LogP contribution in [0.1, 0.15) is 77.2 Å². The first kappa shape index (κ1) is 17.2. The van der Waals surface area contributed by atoms with Crippen LogP contribution in [0.5, 0.6) is 0 Å². The van der Waals surface area contributed by atoms with Crippen molar-refractivity contribution in [2.24, 2.45) is 5.92 Å². The number of hydrogen-bond acceptors (Lipinski definition) is 2. The quantitative estimate of drug-likeness (QED) is 0.685. The molecule has 3 heteroatoms. The van der Waals surface area contributed by atoms with E-state index in [0.29, 0.717) is 6.04 Å². The van der Waals surface area contributed by atoms with Gasteiger partial charge in [0.15, 0.2) is 0 Å².